The Kier molecular flexibility index (Phi) is 10.4. The van der Waals surface area contributed by atoms with Crippen LogP contribution in [0.5, 0.6) is 0 Å². The molecule has 1 atom stereocenters. The zero-order chi connectivity index (χ0) is 18.0. The van der Waals surface area contributed by atoms with Crippen molar-refractivity contribution in [1.82, 2.24) is 0 Å². The number of hydrogen-bond acceptors (Lipinski definition) is 1. The largest absolute Gasteiger partial charge is 0.305 e. The lowest BCUT2D eigenvalue weighted by atomic mass is 9.82. The highest BCUT2D eigenvalue weighted by molar-refractivity contribution is 5.97. The van der Waals surface area contributed by atoms with Gasteiger partial charge >= 0.3 is 0 Å². The van der Waals surface area contributed by atoms with Gasteiger partial charge in [-0.05, 0) is 61.3 Å². The van der Waals surface area contributed by atoms with Crippen LogP contribution in [-0.4, -0.2) is 5.71 Å². The third kappa shape index (κ3) is 10.5. The molecule has 0 saturated heterocycles. The van der Waals surface area contributed by atoms with Crippen LogP contribution in [0.3, 0.4) is 0 Å². The van der Waals surface area contributed by atoms with Gasteiger partial charge in [-0.2, -0.15) is 0 Å². The molecule has 1 heteroatoms. The lowest BCUT2D eigenvalue weighted by molar-refractivity contribution is 0.367. The molecule has 0 aliphatic rings. The van der Waals surface area contributed by atoms with Gasteiger partial charge in [0.05, 0.1) is 0 Å². The zero-order valence-corrected chi connectivity index (χ0v) is 16.7. The first-order valence-corrected chi connectivity index (χ1v) is 9.52. The van der Waals surface area contributed by atoms with Gasteiger partial charge in [0, 0.05) is 5.71 Å². The molecule has 0 amide bonds. The van der Waals surface area contributed by atoms with Crippen molar-refractivity contribution in [2.24, 2.45) is 17.3 Å². The van der Waals surface area contributed by atoms with Crippen LogP contribution in [0.1, 0.15) is 92.9 Å². The number of hydrogen-bond donors (Lipinski definition) is 1. The van der Waals surface area contributed by atoms with Crippen LogP contribution in [0.2, 0.25) is 0 Å². The van der Waals surface area contributed by atoms with E-state index in [-0.39, 0.29) is 5.41 Å². The van der Waals surface area contributed by atoms with Crippen LogP contribution in [0, 0.1) is 22.7 Å². The maximum atomic E-state index is 8.22. The highest BCUT2D eigenvalue weighted by atomic mass is 14.4. The Balaban J connectivity index is 3.96. The third-order valence-corrected chi connectivity index (χ3v) is 5.14. The quantitative estimate of drug-likeness (QED) is 0.205. The van der Waals surface area contributed by atoms with Crippen molar-refractivity contribution < 1.29 is 0 Å². The molecule has 23 heavy (non-hydrogen) atoms. The minimum Gasteiger partial charge on any atom is -0.305 e. The minimum atomic E-state index is 0.222. The maximum absolute atomic E-state index is 8.22. The van der Waals surface area contributed by atoms with Gasteiger partial charge in [0.2, 0.25) is 0 Å². The summed E-state index contributed by atoms with van der Waals surface area (Å²) >= 11 is 0. The van der Waals surface area contributed by atoms with E-state index in [2.05, 4.69) is 54.7 Å². The van der Waals surface area contributed by atoms with E-state index < -0.39 is 0 Å². The maximum Gasteiger partial charge on any atom is 0.0345 e. The number of rotatable bonds is 13. The van der Waals surface area contributed by atoms with Gasteiger partial charge in [-0.3, -0.25) is 0 Å². The fourth-order valence-corrected chi connectivity index (χ4v) is 2.60. The molecule has 0 aliphatic heterocycles. The number of unbranched alkanes of at least 4 members (excludes halogenated alkanes) is 1. The molecule has 0 fully saturated rings. The van der Waals surface area contributed by atoms with Gasteiger partial charge in [0.15, 0.2) is 0 Å². The Hall–Kier alpha value is -0.850. The molecule has 134 valence electrons. The van der Waals surface area contributed by atoms with Crippen LogP contribution in [0.25, 0.3) is 0 Å². The minimum absolute atomic E-state index is 0.222. The second-order valence-electron chi connectivity index (χ2n) is 8.51. The summed E-state index contributed by atoms with van der Waals surface area (Å²) in [6, 6.07) is 0. The summed E-state index contributed by atoms with van der Waals surface area (Å²) < 4.78 is 0. The topological polar surface area (TPSA) is 23.9 Å². The van der Waals surface area contributed by atoms with Crippen molar-refractivity contribution in [2.75, 3.05) is 0 Å². The van der Waals surface area contributed by atoms with Gasteiger partial charge in [0.25, 0.3) is 0 Å². The summed E-state index contributed by atoms with van der Waals surface area (Å²) in [4.78, 5) is 0. The van der Waals surface area contributed by atoms with Crippen LogP contribution in [0.4, 0.5) is 0 Å². The van der Waals surface area contributed by atoms with Crippen molar-refractivity contribution >= 4 is 5.71 Å². The molecular formula is C22H41N. The third-order valence-electron chi connectivity index (χ3n) is 5.14. The van der Waals surface area contributed by atoms with Crippen LogP contribution < -0.4 is 0 Å². The molecule has 0 spiro atoms. The molecule has 0 rings (SSSR count). The molecule has 1 N–H and O–H groups in total. The summed E-state index contributed by atoms with van der Waals surface area (Å²) in [6.45, 7) is 22.0. The Morgan fingerprint density at radius 1 is 1.00 bits per heavy atom. The van der Waals surface area contributed by atoms with Crippen molar-refractivity contribution in [3.63, 3.8) is 0 Å². The Morgan fingerprint density at radius 2 is 1.57 bits per heavy atom. The first kappa shape index (κ1) is 22.1. The molecule has 0 aromatic carbocycles. The van der Waals surface area contributed by atoms with E-state index in [4.69, 9.17) is 5.41 Å². The van der Waals surface area contributed by atoms with E-state index in [1.54, 1.807) is 0 Å². The summed E-state index contributed by atoms with van der Waals surface area (Å²) in [5.41, 5.74) is 3.41. The zero-order valence-electron chi connectivity index (χ0n) is 16.7. The van der Waals surface area contributed by atoms with Gasteiger partial charge < -0.3 is 5.41 Å². The average Bonchev–Trinajstić information content (AvgIpc) is 2.47. The Labute approximate surface area is 146 Å². The van der Waals surface area contributed by atoms with Crippen molar-refractivity contribution in [3.8, 4) is 0 Å². The van der Waals surface area contributed by atoms with Crippen molar-refractivity contribution in [1.29, 1.82) is 5.41 Å². The van der Waals surface area contributed by atoms with Crippen molar-refractivity contribution in [3.05, 3.63) is 24.3 Å². The monoisotopic (exact) mass is 319 g/mol. The van der Waals surface area contributed by atoms with Crippen molar-refractivity contribution in [2.45, 2.75) is 92.9 Å². The lowest BCUT2D eigenvalue weighted by Crippen LogP contribution is -2.16. The summed E-state index contributed by atoms with van der Waals surface area (Å²) in [6.07, 6.45) is 8.91. The van der Waals surface area contributed by atoms with Gasteiger partial charge in [-0.25, -0.2) is 0 Å². The molecule has 0 saturated carbocycles. The second kappa shape index (κ2) is 10.8. The molecule has 1 unspecified atom stereocenters. The van der Waals surface area contributed by atoms with Gasteiger partial charge in [-0.1, -0.05) is 73.1 Å². The van der Waals surface area contributed by atoms with Gasteiger partial charge in [0.1, 0.15) is 0 Å². The first-order valence-electron chi connectivity index (χ1n) is 9.52. The molecule has 1 nitrogen and oxygen atoms in total. The van der Waals surface area contributed by atoms with E-state index in [1.807, 2.05) is 0 Å². The van der Waals surface area contributed by atoms with E-state index in [9.17, 15) is 0 Å². The summed E-state index contributed by atoms with van der Waals surface area (Å²) in [7, 11) is 0. The first-order chi connectivity index (χ1) is 10.6. The van der Waals surface area contributed by atoms with Crippen LogP contribution >= 0.6 is 0 Å². The average molecular weight is 320 g/mol. The summed E-state index contributed by atoms with van der Waals surface area (Å²) in [5.74, 6) is 1.43. The SMILES string of the molecule is C=C(CCCCC(=C)C(C)CCC(C)C)C(=N)CC(C)(C)CC. The normalized spacial score (nSPS) is 13.2. The smallest absolute Gasteiger partial charge is 0.0345 e. The highest BCUT2D eigenvalue weighted by Gasteiger charge is 2.18. The molecule has 0 radical (unpaired) electrons. The molecular weight excluding hydrogens is 278 g/mol. The van der Waals surface area contributed by atoms with E-state index in [0.717, 1.165) is 49.3 Å². The highest BCUT2D eigenvalue weighted by Crippen LogP contribution is 2.27. The standard InChI is InChI=1S/C22H41N/c1-9-22(7,8)16-21(23)20(6)13-11-10-12-18(4)19(5)15-14-17(2)3/h17,19,23H,4,6,9-16H2,1-3,5,7-8H3. The second-order valence-corrected chi connectivity index (χ2v) is 8.51. The molecule has 0 aliphatic carbocycles. The summed E-state index contributed by atoms with van der Waals surface area (Å²) in [5, 5.41) is 8.22. The Morgan fingerprint density at radius 3 is 2.09 bits per heavy atom. The number of allylic oxidation sites excluding steroid dienone is 2. The lowest BCUT2D eigenvalue weighted by Gasteiger charge is -2.23. The van der Waals surface area contributed by atoms with Crippen LogP contribution in [-0.2, 0) is 0 Å². The number of nitrogens with one attached hydrogen (secondary N) is 1. The predicted octanol–water partition coefficient (Wildman–Crippen LogP) is 7.58. The van der Waals surface area contributed by atoms with Gasteiger partial charge in [-0.15, -0.1) is 0 Å². The predicted molar refractivity (Wildman–Crippen MR) is 106 cm³/mol. The molecule has 0 aromatic rings. The Bertz CT molecular complexity index is 387. The van der Waals surface area contributed by atoms with E-state index >= 15 is 0 Å². The van der Waals surface area contributed by atoms with E-state index in [0.29, 0.717) is 5.92 Å². The molecule has 0 bridgehead atoms. The van der Waals surface area contributed by atoms with Crippen LogP contribution in [0.15, 0.2) is 24.3 Å². The molecule has 0 heterocycles. The van der Waals surface area contributed by atoms with E-state index in [1.165, 1.54) is 24.8 Å². The molecule has 0 aromatic heterocycles. The fraction of sp³-hybridized carbons (Fsp3) is 0.773. The fourth-order valence-electron chi connectivity index (χ4n) is 2.60.